The van der Waals surface area contributed by atoms with Crippen LogP contribution >= 0.6 is 0 Å². The molecule has 0 saturated carbocycles. The quantitative estimate of drug-likeness (QED) is 0.597. The third kappa shape index (κ3) is 1.75. The van der Waals surface area contributed by atoms with E-state index in [0.29, 0.717) is 0 Å². The Morgan fingerprint density at radius 1 is 0.923 bits per heavy atom. The summed E-state index contributed by atoms with van der Waals surface area (Å²) in [5.41, 5.74) is 2.25. The Morgan fingerprint density at radius 3 is 2.31 bits per heavy atom. The van der Waals surface area contributed by atoms with Crippen molar-refractivity contribution >= 4 is 0 Å². The molecule has 1 nitrogen and oxygen atoms in total. The lowest BCUT2D eigenvalue weighted by Gasteiger charge is -1.89. The molecule has 1 aromatic heterocycles. The first-order chi connectivity index (χ1) is 6.36. The molecule has 0 bridgehead atoms. The first kappa shape index (κ1) is 7.99. The zero-order valence-electron chi connectivity index (χ0n) is 7.53. The Labute approximate surface area is 77.7 Å². The van der Waals surface area contributed by atoms with Crippen LogP contribution in [0.3, 0.4) is 0 Å². The van der Waals surface area contributed by atoms with Crippen LogP contribution in [0.4, 0.5) is 0 Å². The third-order valence-electron chi connectivity index (χ3n) is 1.93. The second kappa shape index (κ2) is 3.40. The van der Waals surface area contributed by atoms with Crippen LogP contribution in [0.25, 0.3) is 11.3 Å². The summed E-state index contributed by atoms with van der Waals surface area (Å²) < 4.78 is 5.44. The van der Waals surface area contributed by atoms with Gasteiger partial charge < -0.3 is 0 Å². The molecule has 2 aromatic rings. The van der Waals surface area contributed by atoms with Gasteiger partial charge in [0.25, 0.3) is 0 Å². The summed E-state index contributed by atoms with van der Waals surface area (Å²) in [5, 5.41) is 0. The average Bonchev–Trinajstić information content (AvgIpc) is 2.20. The largest absolute Gasteiger partial charge is 0.359 e. The van der Waals surface area contributed by atoms with E-state index in [4.69, 9.17) is 4.42 Å². The van der Waals surface area contributed by atoms with Gasteiger partial charge in [-0.05, 0) is 25.1 Å². The summed E-state index contributed by atoms with van der Waals surface area (Å²) in [5.74, 6) is 0.909. The molecule has 13 heavy (non-hydrogen) atoms. The van der Waals surface area contributed by atoms with Crippen molar-refractivity contribution in [3.63, 3.8) is 0 Å². The molecule has 1 aromatic carbocycles. The molecule has 0 fully saturated rings. The van der Waals surface area contributed by atoms with Crippen molar-refractivity contribution in [2.24, 2.45) is 0 Å². The second-order valence-electron chi connectivity index (χ2n) is 3.04. The number of rotatable bonds is 1. The normalized spacial score (nSPS) is 9.92. The number of benzene rings is 1. The Bertz CT molecular complexity index is 376. The summed E-state index contributed by atoms with van der Waals surface area (Å²) in [6, 6.07) is 14.1. The van der Waals surface area contributed by atoms with Gasteiger partial charge in [-0.1, -0.05) is 18.2 Å². The highest BCUT2D eigenvalue weighted by molar-refractivity contribution is 5.56. The fourth-order valence-corrected chi connectivity index (χ4v) is 1.21. The molecule has 0 aliphatic heterocycles. The van der Waals surface area contributed by atoms with Gasteiger partial charge in [0.15, 0.2) is 0 Å². The maximum Gasteiger partial charge on any atom is 0.359 e. The van der Waals surface area contributed by atoms with E-state index in [1.54, 1.807) is 6.26 Å². The molecule has 0 amide bonds. The highest BCUT2D eigenvalue weighted by Gasteiger charge is 2.08. The molecule has 0 spiro atoms. The molecule has 0 radical (unpaired) electrons. The van der Waals surface area contributed by atoms with E-state index < -0.39 is 0 Å². The molecule has 0 N–H and O–H groups in total. The lowest BCUT2D eigenvalue weighted by atomic mass is 10.1. The van der Waals surface area contributed by atoms with E-state index in [0.717, 1.165) is 16.9 Å². The van der Waals surface area contributed by atoms with Gasteiger partial charge in [-0.3, -0.25) is 0 Å². The first-order valence-electron chi connectivity index (χ1n) is 4.30. The van der Waals surface area contributed by atoms with Crippen molar-refractivity contribution in [1.82, 2.24) is 0 Å². The van der Waals surface area contributed by atoms with Crippen LogP contribution in [-0.2, 0) is 0 Å². The van der Waals surface area contributed by atoms with Crippen molar-refractivity contribution in [2.45, 2.75) is 6.92 Å². The standard InChI is InChI=1S/C12H11O/c1-10-7-8-12(13-9-10)11-5-3-2-4-6-11/h2-9H,1H3/q+1. The highest BCUT2D eigenvalue weighted by Crippen LogP contribution is 2.18. The highest BCUT2D eigenvalue weighted by atomic mass is 16.3. The summed E-state index contributed by atoms with van der Waals surface area (Å²) in [6.07, 6.45) is 1.77. The molecule has 0 aliphatic rings. The predicted octanol–water partition coefficient (Wildman–Crippen LogP) is 3.54. The molecule has 1 heteroatoms. The van der Waals surface area contributed by atoms with E-state index in [1.165, 1.54) is 0 Å². The van der Waals surface area contributed by atoms with Crippen LogP contribution in [0.1, 0.15) is 5.56 Å². The number of hydrogen-bond donors (Lipinski definition) is 0. The monoisotopic (exact) mass is 171 g/mol. The maximum absolute atomic E-state index is 5.44. The van der Waals surface area contributed by atoms with Crippen LogP contribution in [0, 0.1) is 6.92 Å². The third-order valence-corrected chi connectivity index (χ3v) is 1.93. The van der Waals surface area contributed by atoms with Gasteiger partial charge in [0.05, 0.1) is 5.56 Å². The second-order valence-corrected chi connectivity index (χ2v) is 3.04. The Morgan fingerprint density at radius 2 is 1.69 bits per heavy atom. The van der Waals surface area contributed by atoms with E-state index in [9.17, 15) is 0 Å². The van der Waals surface area contributed by atoms with Gasteiger partial charge >= 0.3 is 12.0 Å². The number of aryl methyl sites for hydroxylation is 1. The van der Waals surface area contributed by atoms with Crippen LogP contribution in [0.5, 0.6) is 0 Å². The van der Waals surface area contributed by atoms with Crippen LogP contribution in [-0.4, -0.2) is 0 Å². The molecular weight excluding hydrogens is 160 g/mol. The Kier molecular flexibility index (Phi) is 2.09. The fourth-order valence-electron chi connectivity index (χ4n) is 1.21. The van der Waals surface area contributed by atoms with Gasteiger partial charge in [-0.25, -0.2) is 4.42 Å². The molecule has 64 valence electrons. The molecule has 0 saturated heterocycles. The first-order valence-corrected chi connectivity index (χ1v) is 4.30. The molecular formula is C12H11O+. The summed E-state index contributed by atoms with van der Waals surface area (Å²) >= 11 is 0. The van der Waals surface area contributed by atoms with Gasteiger partial charge in [0, 0.05) is 11.6 Å². The zero-order chi connectivity index (χ0) is 9.10. The van der Waals surface area contributed by atoms with Crippen molar-refractivity contribution in [3.05, 3.63) is 54.3 Å². The van der Waals surface area contributed by atoms with Gasteiger partial charge in [-0.15, -0.1) is 0 Å². The van der Waals surface area contributed by atoms with Crippen molar-refractivity contribution in [2.75, 3.05) is 0 Å². The van der Waals surface area contributed by atoms with Crippen molar-refractivity contribution < 1.29 is 4.42 Å². The lowest BCUT2D eigenvalue weighted by Crippen LogP contribution is -1.76. The summed E-state index contributed by atoms with van der Waals surface area (Å²) in [6.45, 7) is 2.01. The Hall–Kier alpha value is -1.63. The number of hydrogen-bond acceptors (Lipinski definition) is 0. The minimum Gasteiger partial charge on any atom is -0.215 e. The average molecular weight is 171 g/mol. The van der Waals surface area contributed by atoms with Gasteiger partial charge in [0.1, 0.15) is 0 Å². The molecule has 0 aliphatic carbocycles. The molecule has 1 heterocycles. The molecule has 0 atom stereocenters. The zero-order valence-corrected chi connectivity index (χ0v) is 7.53. The van der Waals surface area contributed by atoms with E-state index in [1.807, 2.05) is 49.4 Å². The maximum atomic E-state index is 5.44. The smallest absolute Gasteiger partial charge is 0.215 e. The predicted molar refractivity (Wildman–Crippen MR) is 53.3 cm³/mol. The topological polar surface area (TPSA) is 11.3 Å². The van der Waals surface area contributed by atoms with E-state index >= 15 is 0 Å². The lowest BCUT2D eigenvalue weighted by molar-refractivity contribution is 0.561. The van der Waals surface area contributed by atoms with E-state index in [2.05, 4.69) is 0 Å². The van der Waals surface area contributed by atoms with Gasteiger partial charge in [0.2, 0.25) is 0 Å². The van der Waals surface area contributed by atoms with E-state index in [-0.39, 0.29) is 0 Å². The molecule has 2 rings (SSSR count). The summed E-state index contributed by atoms with van der Waals surface area (Å²) in [7, 11) is 0. The van der Waals surface area contributed by atoms with Crippen molar-refractivity contribution in [3.8, 4) is 11.3 Å². The van der Waals surface area contributed by atoms with Crippen LogP contribution in [0.2, 0.25) is 0 Å². The van der Waals surface area contributed by atoms with Gasteiger partial charge in [-0.2, -0.15) is 0 Å². The van der Waals surface area contributed by atoms with Crippen LogP contribution in [0.15, 0.2) is 53.1 Å². The fraction of sp³-hybridized carbons (Fsp3) is 0.0833. The SMILES string of the molecule is Cc1ccc(-c2ccccc2)[o+]c1. The molecule has 0 unspecified atom stereocenters. The van der Waals surface area contributed by atoms with Crippen molar-refractivity contribution in [1.29, 1.82) is 0 Å². The minimum atomic E-state index is 0.909. The minimum absolute atomic E-state index is 0.909. The van der Waals surface area contributed by atoms with Crippen LogP contribution < -0.4 is 0 Å². The summed E-state index contributed by atoms with van der Waals surface area (Å²) in [4.78, 5) is 0. The Balaban J connectivity index is 2.42.